The maximum absolute atomic E-state index is 13.4. The molecule has 0 spiro atoms. The molecule has 1 aromatic heterocycles. The number of carboxylic acid groups (broad SMARTS) is 2. The molecule has 1 aliphatic heterocycles. The van der Waals surface area contributed by atoms with Crippen LogP contribution in [0, 0.1) is 6.92 Å². The number of pyridine rings is 1. The fraction of sp³-hybridized carbons (Fsp3) is 0.333. The van der Waals surface area contributed by atoms with Crippen LogP contribution in [0.25, 0.3) is 0 Å². The fourth-order valence-corrected chi connectivity index (χ4v) is 6.46. The van der Waals surface area contributed by atoms with Crippen molar-refractivity contribution in [3.63, 3.8) is 0 Å². The zero-order valence-electron chi connectivity index (χ0n) is 23.2. The second-order valence-electron chi connectivity index (χ2n) is 10.3. The number of hydrogen-bond donors (Lipinski definition) is 3. The molecule has 5 rings (SSSR count). The molecular weight excluding hydrogens is 580 g/mol. The van der Waals surface area contributed by atoms with Crippen molar-refractivity contribution in [2.24, 2.45) is 0 Å². The summed E-state index contributed by atoms with van der Waals surface area (Å²) in [6.07, 6.45) is 2.51. The van der Waals surface area contributed by atoms with Crippen LogP contribution < -0.4 is 10.1 Å². The van der Waals surface area contributed by atoms with Crippen LogP contribution in [0.15, 0.2) is 59.6 Å². The molecule has 2 aliphatic rings. The molecule has 12 nitrogen and oxygen atoms in total. The number of hydrogen-bond acceptors (Lipinski definition) is 9. The highest BCUT2D eigenvalue weighted by molar-refractivity contribution is 7.92. The lowest BCUT2D eigenvalue weighted by Crippen LogP contribution is -2.31. The molecule has 43 heavy (non-hydrogen) atoms. The van der Waals surface area contributed by atoms with Gasteiger partial charge in [-0.2, -0.15) is 0 Å². The molecule has 2 aromatic carbocycles. The van der Waals surface area contributed by atoms with Gasteiger partial charge in [0, 0.05) is 13.2 Å². The van der Waals surface area contributed by atoms with Crippen LogP contribution in [-0.4, -0.2) is 66.0 Å². The highest BCUT2D eigenvalue weighted by Crippen LogP contribution is 2.35. The van der Waals surface area contributed by atoms with E-state index in [1.165, 1.54) is 49.5 Å². The van der Waals surface area contributed by atoms with Gasteiger partial charge in [-0.05, 0) is 80.1 Å². The van der Waals surface area contributed by atoms with Crippen LogP contribution in [0.5, 0.6) is 11.5 Å². The van der Waals surface area contributed by atoms with Gasteiger partial charge in [-0.25, -0.2) is 23.0 Å². The van der Waals surface area contributed by atoms with Gasteiger partial charge in [-0.1, -0.05) is 12.1 Å². The molecule has 13 heteroatoms. The van der Waals surface area contributed by atoms with Crippen LogP contribution in [0.1, 0.15) is 63.6 Å². The van der Waals surface area contributed by atoms with E-state index in [0.717, 1.165) is 0 Å². The Labute approximate surface area is 247 Å². The molecule has 0 bridgehead atoms. The Balaban J connectivity index is 1.33. The van der Waals surface area contributed by atoms with Gasteiger partial charge >= 0.3 is 11.9 Å². The van der Waals surface area contributed by atoms with Crippen molar-refractivity contribution in [3.8, 4) is 11.5 Å². The van der Waals surface area contributed by atoms with E-state index in [-0.39, 0.29) is 50.3 Å². The second kappa shape index (κ2) is 12.5. The van der Waals surface area contributed by atoms with Gasteiger partial charge in [-0.3, -0.25) is 4.79 Å². The molecule has 1 saturated carbocycles. The lowest BCUT2D eigenvalue weighted by atomic mass is 10.0. The van der Waals surface area contributed by atoms with Gasteiger partial charge in [0.1, 0.15) is 22.9 Å². The Morgan fingerprint density at radius 2 is 1.65 bits per heavy atom. The third kappa shape index (κ3) is 6.85. The number of sulfone groups is 1. The number of rotatable bonds is 11. The average Bonchev–Trinajstić information content (AvgIpc) is 3.84. The normalized spacial score (nSPS) is 16.3. The quantitative estimate of drug-likeness (QED) is 0.280. The van der Waals surface area contributed by atoms with Crippen molar-refractivity contribution in [1.82, 2.24) is 4.98 Å². The number of ether oxygens (including phenoxy) is 3. The largest absolute Gasteiger partial charge is 0.478 e. The molecule has 2 fully saturated rings. The minimum Gasteiger partial charge on any atom is -0.478 e. The Kier molecular flexibility index (Phi) is 8.76. The summed E-state index contributed by atoms with van der Waals surface area (Å²) in [4.78, 5) is 41.1. The third-order valence-corrected chi connectivity index (χ3v) is 9.57. The minimum absolute atomic E-state index is 0.0445. The first-order valence-corrected chi connectivity index (χ1v) is 15.2. The summed E-state index contributed by atoms with van der Waals surface area (Å²) in [7, 11) is -3.39. The number of benzene rings is 2. The van der Waals surface area contributed by atoms with Crippen LogP contribution in [-0.2, 0) is 24.1 Å². The molecule has 226 valence electrons. The molecule has 1 unspecified atom stereocenters. The Morgan fingerprint density at radius 1 is 0.953 bits per heavy atom. The number of carbonyl (C=O) groups excluding carboxylic acids is 1. The number of carboxylic acids is 2. The van der Waals surface area contributed by atoms with E-state index in [9.17, 15) is 33.0 Å². The summed E-state index contributed by atoms with van der Waals surface area (Å²) in [6.45, 7) is 2.39. The summed E-state index contributed by atoms with van der Waals surface area (Å²) in [5.41, 5.74) is 0.0853. The van der Waals surface area contributed by atoms with E-state index < -0.39 is 33.8 Å². The van der Waals surface area contributed by atoms with Crippen molar-refractivity contribution >= 4 is 33.5 Å². The van der Waals surface area contributed by atoms with Crippen LogP contribution >= 0.6 is 0 Å². The molecule has 1 saturated heterocycles. The molecule has 3 N–H and O–H groups in total. The summed E-state index contributed by atoms with van der Waals surface area (Å²) in [6, 6.07) is 11.6. The molecule has 3 aromatic rings. The van der Waals surface area contributed by atoms with Gasteiger partial charge in [0.2, 0.25) is 0 Å². The standard InChI is InChI=1S/C30H30N2O10S/c1-17-23(29(34)35)9-10-24(26(17)30(36)37)41-20-4-11-25(31-16-20)32-28(33)27(42-19-12-14-40-15-13-19)18-2-5-21(6-3-18)43(38,39)22-7-8-22/h2-6,9-11,16,19,22,27H,7-8,12-15H2,1H3,(H,34,35)(H,36,37)(H,31,32,33). The molecular formula is C30H30N2O10S. The number of aromatic carboxylic acids is 2. The Hall–Kier alpha value is -4.33. The van der Waals surface area contributed by atoms with Crippen molar-refractivity contribution in [1.29, 1.82) is 0 Å². The maximum Gasteiger partial charge on any atom is 0.339 e. The molecule has 1 aliphatic carbocycles. The first kappa shape index (κ1) is 30.1. The lowest BCUT2D eigenvalue weighted by molar-refractivity contribution is -0.136. The zero-order valence-corrected chi connectivity index (χ0v) is 24.0. The highest BCUT2D eigenvalue weighted by Gasteiger charge is 2.37. The summed E-state index contributed by atoms with van der Waals surface area (Å²) < 4.78 is 42.5. The van der Waals surface area contributed by atoms with Crippen molar-refractivity contribution in [2.45, 2.75) is 55.0 Å². The van der Waals surface area contributed by atoms with Crippen molar-refractivity contribution in [2.75, 3.05) is 18.5 Å². The lowest BCUT2D eigenvalue weighted by Gasteiger charge is -2.27. The van der Waals surface area contributed by atoms with E-state index in [2.05, 4.69) is 10.3 Å². The average molecular weight is 611 g/mol. The number of amides is 1. The number of nitrogens with one attached hydrogen (secondary N) is 1. The molecule has 0 radical (unpaired) electrons. The van der Waals surface area contributed by atoms with Gasteiger partial charge in [0.05, 0.1) is 28.0 Å². The predicted molar refractivity (Wildman–Crippen MR) is 152 cm³/mol. The Morgan fingerprint density at radius 3 is 2.23 bits per heavy atom. The van der Waals surface area contributed by atoms with E-state index in [0.29, 0.717) is 44.5 Å². The first-order chi connectivity index (χ1) is 20.5. The molecule has 1 atom stereocenters. The minimum atomic E-state index is -3.39. The number of carbonyl (C=O) groups is 3. The first-order valence-electron chi connectivity index (χ1n) is 13.7. The van der Waals surface area contributed by atoms with E-state index in [1.807, 2.05) is 0 Å². The van der Waals surface area contributed by atoms with Gasteiger partial charge in [-0.15, -0.1) is 0 Å². The van der Waals surface area contributed by atoms with E-state index in [1.54, 1.807) is 12.1 Å². The second-order valence-corrected chi connectivity index (χ2v) is 12.6. The van der Waals surface area contributed by atoms with Crippen LogP contribution in [0.3, 0.4) is 0 Å². The van der Waals surface area contributed by atoms with E-state index >= 15 is 0 Å². The molecule has 1 amide bonds. The van der Waals surface area contributed by atoms with Gasteiger partial charge in [0.15, 0.2) is 15.9 Å². The van der Waals surface area contributed by atoms with Crippen LogP contribution in [0.2, 0.25) is 0 Å². The van der Waals surface area contributed by atoms with Crippen molar-refractivity contribution in [3.05, 3.63) is 77.0 Å². The monoisotopic (exact) mass is 610 g/mol. The number of nitrogens with zero attached hydrogens (tertiary/aromatic N) is 1. The summed E-state index contributed by atoms with van der Waals surface area (Å²) in [5, 5.41) is 21.3. The van der Waals surface area contributed by atoms with Gasteiger partial charge < -0.3 is 29.7 Å². The predicted octanol–water partition coefficient (Wildman–Crippen LogP) is 4.39. The zero-order chi connectivity index (χ0) is 30.7. The Bertz CT molecular complexity index is 1630. The van der Waals surface area contributed by atoms with Crippen molar-refractivity contribution < 1.29 is 47.2 Å². The fourth-order valence-electron chi connectivity index (χ4n) is 4.80. The van der Waals surface area contributed by atoms with E-state index in [4.69, 9.17) is 14.2 Å². The summed E-state index contributed by atoms with van der Waals surface area (Å²) >= 11 is 0. The topological polar surface area (TPSA) is 178 Å². The number of aromatic nitrogens is 1. The third-order valence-electron chi connectivity index (χ3n) is 7.30. The SMILES string of the molecule is Cc1c(C(=O)O)ccc(Oc2ccc(NC(=O)C(OC3CCOCC3)c3ccc(S(=O)(=O)C4CC4)cc3)nc2)c1C(=O)O. The smallest absolute Gasteiger partial charge is 0.339 e. The molecule has 2 heterocycles. The summed E-state index contributed by atoms with van der Waals surface area (Å²) in [5.74, 6) is -2.86. The number of anilines is 1. The highest BCUT2D eigenvalue weighted by atomic mass is 32.2. The maximum atomic E-state index is 13.4. The van der Waals surface area contributed by atoms with Crippen LogP contribution in [0.4, 0.5) is 5.82 Å². The van der Waals surface area contributed by atoms with Gasteiger partial charge in [0.25, 0.3) is 5.91 Å².